The Bertz CT molecular complexity index is 434. The van der Waals surface area contributed by atoms with Crippen LogP contribution >= 0.6 is 0 Å². The van der Waals surface area contributed by atoms with E-state index in [1.807, 2.05) is 6.92 Å². The predicted molar refractivity (Wildman–Crippen MR) is 105 cm³/mol. The van der Waals surface area contributed by atoms with Gasteiger partial charge in [0, 0.05) is 7.11 Å². The molecular weight excluding hydrogens is 352 g/mol. The number of hydrogen-bond donors (Lipinski definition) is 2. The molecule has 26 heavy (non-hydrogen) atoms. The van der Waals surface area contributed by atoms with Gasteiger partial charge in [-0.2, -0.15) is 0 Å². The second-order valence-electron chi connectivity index (χ2n) is 8.49. The zero-order valence-corrected chi connectivity index (χ0v) is 18.4. The van der Waals surface area contributed by atoms with Crippen molar-refractivity contribution in [2.45, 2.75) is 95.5 Å². The molecule has 0 unspecified atom stereocenters. The highest BCUT2D eigenvalue weighted by Crippen LogP contribution is 2.37. The van der Waals surface area contributed by atoms with Gasteiger partial charge in [-0.3, -0.25) is 0 Å². The topological polar surface area (TPSA) is 77.4 Å². The fourth-order valence-electron chi connectivity index (χ4n) is 2.61. The highest BCUT2D eigenvalue weighted by molar-refractivity contribution is 6.74. The standard InChI is InChI=1S/C19H38O6Si/c1-9-11-13(10-2)24-17-16(21)15(20)14(25-18(17)22-6)12-23-26(7,8)19(3,4)5/h10,13-18,20-21H,2,9,11-12H2,1,3-8H3/t13-,14+,15+,16-,17-,18-/m0/s1. The number of rotatable bonds is 9. The molecule has 7 heteroatoms. The third-order valence-electron chi connectivity index (χ3n) is 5.46. The average Bonchev–Trinajstić information content (AvgIpc) is 2.56. The van der Waals surface area contributed by atoms with Gasteiger partial charge in [-0.15, -0.1) is 6.58 Å². The van der Waals surface area contributed by atoms with Crippen molar-refractivity contribution >= 4 is 8.32 Å². The Kier molecular flexibility index (Phi) is 8.93. The van der Waals surface area contributed by atoms with Crippen LogP contribution in [0.3, 0.4) is 0 Å². The monoisotopic (exact) mass is 390 g/mol. The molecule has 0 bridgehead atoms. The Labute approximate surface area is 159 Å². The summed E-state index contributed by atoms with van der Waals surface area (Å²) in [5.74, 6) is 0. The van der Waals surface area contributed by atoms with E-state index in [4.69, 9.17) is 18.6 Å². The van der Waals surface area contributed by atoms with Crippen LogP contribution in [0.25, 0.3) is 0 Å². The molecule has 0 aliphatic carbocycles. The average molecular weight is 391 g/mol. The minimum atomic E-state index is -1.99. The highest BCUT2D eigenvalue weighted by Gasteiger charge is 2.47. The summed E-state index contributed by atoms with van der Waals surface area (Å²) in [6.07, 6.45) is -1.30. The first kappa shape index (κ1) is 23.8. The van der Waals surface area contributed by atoms with Crippen LogP contribution in [0, 0.1) is 0 Å². The molecule has 1 heterocycles. The molecule has 0 spiro atoms. The number of ether oxygens (including phenoxy) is 3. The van der Waals surface area contributed by atoms with Crippen LogP contribution in [0.2, 0.25) is 18.1 Å². The Hall–Kier alpha value is -0.283. The number of aliphatic hydroxyl groups excluding tert-OH is 2. The third-order valence-corrected chi connectivity index (χ3v) is 9.96. The second-order valence-corrected chi connectivity index (χ2v) is 13.3. The van der Waals surface area contributed by atoms with Crippen molar-refractivity contribution in [2.24, 2.45) is 0 Å². The quantitative estimate of drug-likeness (QED) is 0.466. The second kappa shape index (κ2) is 9.77. The first-order valence-electron chi connectivity index (χ1n) is 9.44. The third kappa shape index (κ3) is 5.86. The Balaban J connectivity index is 2.80. The Morgan fingerprint density at radius 2 is 1.85 bits per heavy atom. The summed E-state index contributed by atoms with van der Waals surface area (Å²) in [7, 11) is -0.491. The van der Waals surface area contributed by atoms with Gasteiger partial charge in [0.25, 0.3) is 0 Å². The normalized spacial score (nSPS) is 31.7. The lowest BCUT2D eigenvalue weighted by molar-refractivity contribution is -0.307. The van der Waals surface area contributed by atoms with Gasteiger partial charge in [0.05, 0.1) is 12.7 Å². The SMILES string of the molecule is C=C[C@@H](CCC)O[C@@H]1[C@@H](OC)O[C@H](CO[Si](C)(C)C(C)(C)C)[C@@H](O)[C@@H]1O. The molecule has 1 fully saturated rings. The van der Waals surface area contributed by atoms with Gasteiger partial charge in [-0.25, -0.2) is 0 Å². The fourth-order valence-corrected chi connectivity index (χ4v) is 3.63. The van der Waals surface area contributed by atoms with Crippen molar-refractivity contribution in [3.05, 3.63) is 12.7 Å². The van der Waals surface area contributed by atoms with Gasteiger partial charge >= 0.3 is 0 Å². The van der Waals surface area contributed by atoms with Crippen LogP contribution < -0.4 is 0 Å². The van der Waals surface area contributed by atoms with E-state index >= 15 is 0 Å². The van der Waals surface area contributed by atoms with Gasteiger partial charge in [-0.05, 0) is 24.6 Å². The van der Waals surface area contributed by atoms with Crippen LogP contribution in [-0.4, -0.2) is 69.1 Å². The van der Waals surface area contributed by atoms with Gasteiger partial charge < -0.3 is 28.8 Å². The molecule has 0 radical (unpaired) electrons. The van der Waals surface area contributed by atoms with Gasteiger partial charge in [0.2, 0.25) is 0 Å². The summed E-state index contributed by atoms with van der Waals surface area (Å²) in [6.45, 7) is 16.7. The van der Waals surface area contributed by atoms with Crippen LogP contribution in [0.15, 0.2) is 12.7 Å². The zero-order chi connectivity index (χ0) is 20.1. The molecule has 0 amide bonds. The fraction of sp³-hybridized carbons (Fsp3) is 0.895. The van der Waals surface area contributed by atoms with Crippen molar-refractivity contribution in [1.29, 1.82) is 0 Å². The predicted octanol–water partition coefficient (Wildman–Crippen LogP) is 2.84. The molecule has 6 atom stereocenters. The molecule has 1 saturated heterocycles. The molecule has 2 N–H and O–H groups in total. The molecule has 1 aliphatic heterocycles. The van der Waals surface area contributed by atoms with E-state index in [9.17, 15) is 10.2 Å². The van der Waals surface area contributed by atoms with Crippen molar-refractivity contribution in [2.75, 3.05) is 13.7 Å². The maximum absolute atomic E-state index is 10.6. The summed E-state index contributed by atoms with van der Waals surface area (Å²) >= 11 is 0. The molecule has 1 rings (SSSR count). The molecule has 0 saturated carbocycles. The van der Waals surface area contributed by atoms with E-state index in [1.165, 1.54) is 7.11 Å². The van der Waals surface area contributed by atoms with Gasteiger partial charge in [-0.1, -0.05) is 40.2 Å². The van der Waals surface area contributed by atoms with E-state index < -0.39 is 39.0 Å². The molecule has 1 aliphatic rings. The van der Waals surface area contributed by atoms with Crippen LogP contribution in [0.5, 0.6) is 0 Å². The molecule has 0 aromatic rings. The minimum Gasteiger partial charge on any atom is -0.414 e. The smallest absolute Gasteiger partial charge is 0.192 e. The zero-order valence-electron chi connectivity index (χ0n) is 17.4. The Morgan fingerprint density at radius 3 is 2.31 bits per heavy atom. The number of methoxy groups -OCH3 is 1. The van der Waals surface area contributed by atoms with Crippen molar-refractivity contribution in [1.82, 2.24) is 0 Å². The largest absolute Gasteiger partial charge is 0.414 e. The lowest BCUT2D eigenvalue weighted by atomic mass is 9.98. The molecule has 6 nitrogen and oxygen atoms in total. The summed E-state index contributed by atoms with van der Waals surface area (Å²) < 4.78 is 23.3. The summed E-state index contributed by atoms with van der Waals surface area (Å²) in [5.41, 5.74) is 0. The highest BCUT2D eigenvalue weighted by atomic mass is 28.4. The molecule has 0 aromatic carbocycles. The number of aliphatic hydroxyl groups is 2. The lowest BCUT2D eigenvalue weighted by Gasteiger charge is -2.44. The summed E-state index contributed by atoms with van der Waals surface area (Å²) in [4.78, 5) is 0. The van der Waals surface area contributed by atoms with Crippen LogP contribution in [0.4, 0.5) is 0 Å². The van der Waals surface area contributed by atoms with Gasteiger partial charge in [0.1, 0.15) is 24.4 Å². The van der Waals surface area contributed by atoms with Crippen LogP contribution in [-0.2, 0) is 18.6 Å². The first-order chi connectivity index (χ1) is 12.0. The van der Waals surface area contributed by atoms with Crippen molar-refractivity contribution in [3.8, 4) is 0 Å². The lowest BCUT2D eigenvalue weighted by Crippen LogP contribution is -2.61. The molecule has 0 aromatic heterocycles. The maximum Gasteiger partial charge on any atom is 0.192 e. The summed E-state index contributed by atoms with van der Waals surface area (Å²) in [6, 6.07) is 0. The maximum atomic E-state index is 10.6. The van der Waals surface area contributed by atoms with Crippen molar-refractivity contribution in [3.63, 3.8) is 0 Å². The van der Waals surface area contributed by atoms with E-state index in [1.54, 1.807) is 6.08 Å². The number of hydrogen-bond acceptors (Lipinski definition) is 6. The van der Waals surface area contributed by atoms with Crippen molar-refractivity contribution < 1.29 is 28.8 Å². The first-order valence-corrected chi connectivity index (χ1v) is 12.4. The Morgan fingerprint density at radius 1 is 1.23 bits per heavy atom. The molecule has 154 valence electrons. The van der Waals surface area contributed by atoms with E-state index in [0.717, 1.165) is 12.8 Å². The van der Waals surface area contributed by atoms with E-state index in [0.29, 0.717) is 0 Å². The molecular formula is C19H38O6Si. The van der Waals surface area contributed by atoms with Crippen LogP contribution in [0.1, 0.15) is 40.5 Å². The van der Waals surface area contributed by atoms with Gasteiger partial charge in [0.15, 0.2) is 14.6 Å². The summed E-state index contributed by atoms with van der Waals surface area (Å²) in [5, 5.41) is 21.2. The van der Waals surface area contributed by atoms with E-state index in [-0.39, 0.29) is 17.7 Å². The van der Waals surface area contributed by atoms with E-state index in [2.05, 4.69) is 40.4 Å². The minimum absolute atomic E-state index is 0.0505.